The number of aryl methyl sites for hydroxylation is 1. The van der Waals surface area contributed by atoms with Gasteiger partial charge in [0.05, 0.1) is 9.82 Å². The zero-order chi connectivity index (χ0) is 14.0. The minimum Gasteiger partial charge on any atom is -0.393 e. The Hall–Kier alpha value is -2.35. The number of nitro groups is 1. The molecule has 0 aliphatic carbocycles. The van der Waals surface area contributed by atoms with Gasteiger partial charge in [-0.3, -0.25) is 14.9 Å². The van der Waals surface area contributed by atoms with Gasteiger partial charge in [-0.2, -0.15) is 0 Å². The van der Waals surface area contributed by atoms with Gasteiger partial charge >= 0.3 is 5.69 Å². The fourth-order valence-electron chi connectivity index (χ4n) is 1.52. The van der Waals surface area contributed by atoms with Crippen molar-refractivity contribution in [2.24, 2.45) is 0 Å². The number of rotatable bonds is 3. The van der Waals surface area contributed by atoms with Crippen molar-refractivity contribution in [3.63, 3.8) is 0 Å². The first-order chi connectivity index (χ1) is 8.97. The molecule has 1 aromatic heterocycles. The van der Waals surface area contributed by atoms with Crippen molar-refractivity contribution < 1.29 is 4.92 Å². The van der Waals surface area contributed by atoms with Gasteiger partial charge in [0, 0.05) is 11.8 Å². The van der Waals surface area contributed by atoms with Crippen molar-refractivity contribution in [3.05, 3.63) is 50.4 Å². The molecule has 0 spiro atoms. The molecule has 0 saturated heterocycles. The lowest BCUT2D eigenvalue weighted by molar-refractivity contribution is -0.386. The lowest BCUT2D eigenvalue weighted by atomic mass is 10.3. The number of hydrogen-bond acceptors (Lipinski definition) is 6. The quantitative estimate of drug-likeness (QED) is 0.382. The summed E-state index contributed by atoms with van der Waals surface area (Å²) in [6, 6.07) is 5.96. The van der Waals surface area contributed by atoms with E-state index in [1.54, 1.807) is 19.1 Å². The topological polar surface area (TPSA) is 115 Å². The van der Waals surface area contributed by atoms with Crippen LogP contribution in [0.4, 0.5) is 11.4 Å². The summed E-state index contributed by atoms with van der Waals surface area (Å²) in [6.45, 7) is 1.67. The van der Waals surface area contributed by atoms with Gasteiger partial charge in [0.25, 0.3) is 5.56 Å². The van der Waals surface area contributed by atoms with E-state index in [9.17, 15) is 14.9 Å². The molecule has 0 aliphatic heterocycles. The number of hydrogen-bond donors (Lipinski definition) is 2. The van der Waals surface area contributed by atoms with E-state index in [1.807, 2.05) is 0 Å². The predicted octanol–water partition coefficient (Wildman–Crippen LogP) is 1.72. The molecule has 2 rings (SSSR count). The molecule has 0 atom stereocenters. The van der Waals surface area contributed by atoms with Crippen LogP contribution in [0.5, 0.6) is 0 Å². The first kappa shape index (κ1) is 13.1. The van der Waals surface area contributed by atoms with Gasteiger partial charge in [-0.05, 0) is 30.8 Å². The fourth-order valence-corrected chi connectivity index (χ4v) is 2.51. The van der Waals surface area contributed by atoms with E-state index in [2.05, 4.69) is 9.97 Å². The third-order valence-electron chi connectivity index (χ3n) is 2.27. The number of benzene rings is 1. The fraction of sp³-hybridized carbons (Fsp3) is 0.0909. The van der Waals surface area contributed by atoms with Crippen LogP contribution in [-0.4, -0.2) is 14.9 Å². The van der Waals surface area contributed by atoms with E-state index in [4.69, 9.17) is 5.73 Å². The van der Waals surface area contributed by atoms with E-state index in [-0.39, 0.29) is 16.9 Å². The maximum atomic E-state index is 11.3. The van der Waals surface area contributed by atoms with Crippen molar-refractivity contribution in [2.45, 2.75) is 17.0 Å². The molecule has 0 amide bonds. The lowest BCUT2D eigenvalue weighted by Crippen LogP contribution is -2.08. The Bertz CT molecular complexity index is 699. The predicted molar refractivity (Wildman–Crippen MR) is 71.2 cm³/mol. The molecule has 8 heteroatoms. The van der Waals surface area contributed by atoms with Gasteiger partial charge in [-0.15, -0.1) is 0 Å². The van der Waals surface area contributed by atoms with Crippen LogP contribution in [0.1, 0.15) is 5.69 Å². The Morgan fingerprint density at radius 2 is 2.21 bits per heavy atom. The number of nitrogens with one attached hydrogen (secondary N) is 1. The molecule has 19 heavy (non-hydrogen) atoms. The molecule has 0 saturated carbocycles. The Balaban J connectivity index is 2.46. The minimum atomic E-state index is -0.550. The highest BCUT2D eigenvalue weighted by Gasteiger charge is 2.19. The molecule has 7 nitrogen and oxygen atoms in total. The number of para-hydroxylation sites is 1. The van der Waals surface area contributed by atoms with E-state index in [0.29, 0.717) is 15.7 Å². The van der Waals surface area contributed by atoms with Crippen LogP contribution in [-0.2, 0) is 0 Å². The normalized spacial score (nSPS) is 10.4. The number of nitrogens with two attached hydrogens (primary N) is 1. The van der Waals surface area contributed by atoms with Crippen LogP contribution in [0, 0.1) is 17.0 Å². The van der Waals surface area contributed by atoms with Crippen LogP contribution >= 0.6 is 11.8 Å². The monoisotopic (exact) mass is 278 g/mol. The van der Waals surface area contributed by atoms with Crippen LogP contribution in [0.15, 0.2) is 39.1 Å². The zero-order valence-electron chi connectivity index (χ0n) is 9.91. The van der Waals surface area contributed by atoms with Crippen molar-refractivity contribution in [1.82, 2.24) is 9.97 Å². The smallest absolute Gasteiger partial charge is 0.305 e. The van der Waals surface area contributed by atoms with Crippen molar-refractivity contribution >= 4 is 23.1 Å². The van der Waals surface area contributed by atoms with Crippen molar-refractivity contribution in [2.75, 3.05) is 5.73 Å². The number of nitrogens with zero attached hydrogens (tertiary/aromatic N) is 2. The van der Waals surface area contributed by atoms with Crippen molar-refractivity contribution in [1.29, 1.82) is 0 Å². The summed E-state index contributed by atoms with van der Waals surface area (Å²) in [4.78, 5) is 28.7. The maximum Gasteiger partial charge on any atom is 0.305 e. The maximum absolute atomic E-state index is 11.3. The SMILES string of the molecule is Cc1cc(=O)[nH]c(Sc2cccc(N)c2[N+](=O)[O-])n1. The molecule has 0 radical (unpaired) electrons. The van der Waals surface area contributed by atoms with E-state index < -0.39 is 4.92 Å². The average molecular weight is 278 g/mol. The molecule has 0 fully saturated rings. The second-order valence-electron chi connectivity index (χ2n) is 3.75. The largest absolute Gasteiger partial charge is 0.393 e. The molecule has 98 valence electrons. The second kappa shape index (κ2) is 5.11. The summed E-state index contributed by atoms with van der Waals surface area (Å²) in [6.07, 6.45) is 0. The molecule has 1 aromatic carbocycles. The number of nitro benzene ring substituents is 1. The number of aromatic amines is 1. The minimum absolute atomic E-state index is 0.0741. The number of anilines is 1. The molecule has 0 unspecified atom stereocenters. The highest BCUT2D eigenvalue weighted by molar-refractivity contribution is 7.99. The molecule has 2 aromatic rings. The Morgan fingerprint density at radius 3 is 2.84 bits per heavy atom. The molecular weight excluding hydrogens is 268 g/mol. The molecule has 0 bridgehead atoms. The van der Waals surface area contributed by atoms with Gasteiger partial charge in [-0.25, -0.2) is 4.98 Å². The number of H-pyrrole nitrogens is 1. The van der Waals surface area contributed by atoms with Crippen LogP contribution < -0.4 is 11.3 Å². The van der Waals surface area contributed by atoms with E-state index in [0.717, 1.165) is 11.8 Å². The van der Waals surface area contributed by atoms with E-state index in [1.165, 1.54) is 12.1 Å². The highest BCUT2D eigenvalue weighted by Crippen LogP contribution is 2.36. The summed E-state index contributed by atoms with van der Waals surface area (Å²) >= 11 is 0.997. The van der Waals surface area contributed by atoms with Gasteiger partial charge < -0.3 is 10.7 Å². The third kappa shape index (κ3) is 2.91. The Morgan fingerprint density at radius 1 is 1.47 bits per heavy atom. The highest BCUT2D eigenvalue weighted by atomic mass is 32.2. The van der Waals surface area contributed by atoms with Gasteiger partial charge in [-0.1, -0.05) is 6.07 Å². The second-order valence-corrected chi connectivity index (χ2v) is 4.78. The van der Waals surface area contributed by atoms with Gasteiger partial charge in [0.1, 0.15) is 5.69 Å². The first-order valence-corrected chi connectivity index (χ1v) is 6.07. The first-order valence-electron chi connectivity index (χ1n) is 5.26. The number of nitrogen functional groups attached to an aromatic ring is 1. The van der Waals surface area contributed by atoms with Crippen LogP contribution in [0.2, 0.25) is 0 Å². The third-order valence-corrected chi connectivity index (χ3v) is 3.20. The summed E-state index contributed by atoms with van der Waals surface area (Å²) in [5.41, 5.74) is 5.71. The Kier molecular flexibility index (Phi) is 3.52. The summed E-state index contributed by atoms with van der Waals surface area (Å²) in [7, 11) is 0. The standard InChI is InChI=1S/C11H10N4O3S/c1-6-5-9(16)14-11(13-6)19-8-4-2-3-7(12)10(8)15(17)18/h2-5H,12H2,1H3,(H,13,14,16). The zero-order valence-corrected chi connectivity index (χ0v) is 10.7. The summed E-state index contributed by atoms with van der Waals surface area (Å²) in [5.74, 6) is 0. The molecule has 1 heterocycles. The summed E-state index contributed by atoms with van der Waals surface area (Å²) in [5, 5.41) is 11.3. The van der Waals surface area contributed by atoms with Crippen molar-refractivity contribution in [3.8, 4) is 0 Å². The van der Waals surface area contributed by atoms with Crippen LogP contribution in [0.25, 0.3) is 0 Å². The molecule has 3 N–H and O–H groups in total. The number of aromatic nitrogens is 2. The average Bonchev–Trinajstić information content (AvgIpc) is 2.26. The Labute approximate surface area is 112 Å². The lowest BCUT2D eigenvalue weighted by Gasteiger charge is -2.04. The van der Waals surface area contributed by atoms with Gasteiger partial charge in [0.2, 0.25) is 0 Å². The van der Waals surface area contributed by atoms with E-state index >= 15 is 0 Å². The van der Waals surface area contributed by atoms with Gasteiger partial charge in [0.15, 0.2) is 5.16 Å². The molecular formula is C11H10N4O3S. The van der Waals surface area contributed by atoms with Crippen LogP contribution in [0.3, 0.4) is 0 Å². The summed E-state index contributed by atoms with van der Waals surface area (Å²) < 4.78 is 0. The molecule has 0 aliphatic rings.